The highest BCUT2D eigenvalue weighted by Crippen LogP contribution is 2.28. The Hall–Kier alpha value is -1.10. The summed E-state index contributed by atoms with van der Waals surface area (Å²) in [5.41, 5.74) is 6.11. The highest BCUT2D eigenvalue weighted by Gasteiger charge is 2.41. The number of nitrogen functional groups attached to an aromatic ring is 1. The molecule has 1 fully saturated rings. The van der Waals surface area contributed by atoms with E-state index in [0.29, 0.717) is 22.9 Å². The van der Waals surface area contributed by atoms with Gasteiger partial charge in [-0.3, -0.25) is 4.79 Å². The SMILES string of the molecule is CC(C)OC[C@]1(C(=O)c2ccc(N)c(Cl)c2)CCCN1. The van der Waals surface area contributed by atoms with Crippen LogP contribution in [0.2, 0.25) is 5.02 Å². The molecule has 3 N–H and O–H groups in total. The Balaban J connectivity index is 2.24. The number of carbonyl (C=O) groups is 1. The fourth-order valence-corrected chi connectivity index (χ4v) is 2.62. The summed E-state index contributed by atoms with van der Waals surface area (Å²) in [4.78, 5) is 12.8. The Labute approximate surface area is 124 Å². The monoisotopic (exact) mass is 296 g/mol. The number of benzene rings is 1. The predicted molar refractivity (Wildman–Crippen MR) is 81.3 cm³/mol. The smallest absolute Gasteiger partial charge is 0.185 e. The quantitative estimate of drug-likeness (QED) is 0.648. The molecule has 110 valence electrons. The average molecular weight is 297 g/mol. The van der Waals surface area contributed by atoms with E-state index >= 15 is 0 Å². The number of hydrogen-bond acceptors (Lipinski definition) is 4. The van der Waals surface area contributed by atoms with Crippen molar-refractivity contribution in [2.24, 2.45) is 0 Å². The molecule has 5 heteroatoms. The maximum Gasteiger partial charge on any atom is 0.185 e. The van der Waals surface area contributed by atoms with Gasteiger partial charge in [-0.25, -0.2) is 0 Å². The lowest BCUT2D eigenvalue weighted by molar-refractivity contribution is 0.0314. The molecule has 0 amide bonds. The zero-order valence-corrected chi connectivity index (χ0v) is 12.7. The normalized spacial score (nSPS) is 22.4. The van der Waals surface area contributed by atoms with Gasteiger partial charge in [-0.05, 0) is 51.4 Å². The summed E-state index contributed by atoms with van der Waals surface area (Å²) in [5.74, 6) is 0.0255. The lowest BCUT2D eigenvalue weighted by Crippen LogP contribution is -2.52. The first kappa shape index (κ1) is 15.3. The summed E-state index contributed by atoms with van der Waals surface area (Å²) >= 11 is 6.01. The first-order valence-corrected chi connectivity index (χ1v) is 7.29. The molecule has 0 unspecified atom stereocenters. The second-order valence-electron chi connectivity index (χ2n) is 5.54. The topological polar surface area (TPSA) is 64.3 Å². The number of rotatable bonds is 5. The van der Waals surface area contributed by atoms with Gasteiger partial charge in [0.25, 0.3) is 0 Å². The minimum Gasteiger partial charge on any atom is -0.398 e. The Morgan fingerprint density at radius 3 is 2.85 bits per heavy atom. The van der Waals surface area contributed by atoms with E-state index in [-0.39, 0.29) is 11.9 Å². The van der Waals surface area contributed by atoms with Gasteiger partial charge in [0.15, 0.2) is 5.78 Å². The maximum absolute atomic E-state index is 12.8. The second kappa shape index (κ2) is 6.12. The molecule has 2 rings (SSSR count). The summed E-state index contributed by atoms with van der Waals surface area (Å²) in [6.45, 7) is 5.14. The van der Waals surface area contributed by atoms with Gasteiger partial charge in [-0.1, -0.05) is 11.6 Å². The summed E-state index contributed by atoms with van der Waals surface area (Å²) in [5, 5.41) is 3.72. The van der Waals surface area contributed by atoms with Crippen molar-refractivity contribution in [1.82, 2.24) is 5.32 Å². The van der Waals surface area contributed by atoms with Crippen LogP contribution in [-0.4, -0.2) is 30.6 Å². The van der Waals surface area contributed by atoms with Crippen molar-refractivity contribution in [3.63, 3.8) is 0 Å². The molecule has 0 spiro atoms. The summed E-state index contributed by atoms with van der Waals surface area (Å²) in [7, 11) is 0. The van der Waals surface area contributed by atoms with Gasteiger partial charge < -0.3 is 15.8 Å². The van der Waals surface area contributed by atoms with Crippen molar-refractivity contribution in [3.8, 4) is 0 Å². The maximum atomic E-state index is 12.8. The molecule has 0 aromatic heterocycles. The summed E-state index contributed by atoms with van der Waals surface area (Å²) < 4.78 is 5.68. The first-order valence-electron chi connectivity index (χ1n) is 6.91. The van der Waals surface area contributed by atoms with E-state index in [1.165, 1.54) is 0 Å². The van der Waals surface area contributed by atoms with E-state index in [1.54, 1.807) is 18.2 Å². The standard InChI is InChI=1S/C15H21ClN2O2/c1-10(2)20-9-15(6-3-7-18-15)14(19)11-4-5-13(17)12(16)8-11/h4-5,8,10,18H,3,6-7,9,17H2,1-2H3/t15-/m0/s1. The van der Waals surface area contributed by atoms with Crippen LogP contribution >= 0.6 is 11.6 Å². The molecule has 1 aromatic carbocycles. The average Bonchev–Trinajstić information content (AvgIpc) is 2.89. The second-order valence-corrected chi connectivity index (χ2v) is 5.94. The molecule has 1 saturated heterocycles. The lowest BCUT2D eigenvalue weighted by Gasteiger charge is -2.29. The van der Waals surface area contributed by atoms with Crippen LogP contribution < -0.4 is 11.1 Å². The number of anilines is 1. The molecule has 1 aromatic rings. The van der Waals surface area contributed by atoms with Crippen LogP contribution in [0.5, 0.6) is 0 Å². The highest BCUT2D eigenvalue weighted by atomic mass is 35.5. The molecule has 0 aliphatic carbocycles. The number of hydrogen-bond donors (Lipinski definition) is 2. The molecule has 1 aliphatic rings. The Bertz CT molecular complexity index is 497. The highest BCUT2D eigenvalue weighted by molar-refractivity contribution is 6.33. The van der Waals surface area contributed by atoms with Gasteiger partial charge in [0.05, 0.1) is 23.4 Å². The molecular weight excluding hydrogens is 276 g/mol. The first-order chi connectivity index (χ1) is 9.44. The Morgan fingerprint density at radius 2 is 2.30 bits per heavy atom. The largest absolute Gasteiger partial charge is 0.398 e. The minimum absolute atomic E-state index is 0.0255. The van der Waals surface area contributed by atoms with E-state index in [9.17, 15) is 4.79 Å². The number of halogens is 1. The van der Waals surface area contributed by atoms with E-state index in [4.69, 9.17) is 22.1 Å². The van der Waals surface area contributed by atoms with Crippen LogP contribution in [-0.2, 0) is 4.74 Å². The van der Waals surface area contributed by atoms with Gasteiger partial charge in [0.2, 0.25) is 0 Å². The van der Waals surface area contributed by atoms with Gasteiger partial charge in [0.1, 0.15) is 5.54 Å². The minimum atomic E-state index is -0.635. The van der Waals surface area contributed by atoms with Crippen molar-refractivity contribution in [1.29, 1.82) is 0 Å². The van der Waals surface area contributed by atoms with Gasteiger partial charge in [0, 0.05) is 5.56 Å². The van der Waals surface area contributed by atoms with Gasteiger partial charge in [-0.15, -0.1) is 0 Å². The molecule has 0 bridgehead atoms. The zero-order chi connectivity index (χ0) is 14.8. The number of ketones is 1. The molecular formula is C15H21ClN2O2. The molecule has 1 atom stereocenters. The van der Waals surface area contributed by atoms with Crippen LogP contribution in [0.25, 0.3) is 0 Å². The van der Waals surface area contributed by atoms with Crippen LogP contribution in [0.3, 0.4) is 0 Å². The predicted octanol–water partition coefficient (Wildman–Crippen LogP) is 2.65. The third kappa shape index (κ3) is 3.14. The number of carbonyl (C=O) groups excluding carboxylic acids is 1. The Kier molecular flexibility index (Phi) is 4.68. The fourth-order valence-electron chi connectivity index (χ4n) is 2.44. The van der Waals surface area contributed by atoms with Gasteiger partial charge in [-0.2, -0.15) is 0 Å². The van der Waals surface area contributed by atoms with Crippen molar-refractivity contribution >= 4 is 23.1 Å². The third-order valence-electron chi connectivity index (χ3n) is 3.60. The number of ether oxygens (including phenoxy) is 1. The van der Waals surface area contributed by atoms with Crippen molar-refractivity contribution in [3.05, 3.63) is 28.8 Å². The zero-order valence-electron chi connectivity index (χ0n) is 11.9. The third-order valence-corrected chi connectivity index (χ3v) is 3.93. The molecule has 1 heterocycles. The van der Waals surface area contributed by atoms with Gasteiger partial charge >= 0.3 is 0 Å². The van der Waals surface area contributed by atoms with E-state index in [1.807, 2.05) is 13.8 Å². The Morgan fingerprint density at radius 1 is 1.55 bits per heavy atom. The molecule has 20 heavy (non-hydrogen) atoms. The lowest BCUT2D eigenvalue weighted by atomic mass is 9.88. The van der Waals surface area contributed by atoms with Crippen molar-refractivity contribution < 1.29 is 9.53 Å². The van der Waals surface area contributed by atoms with Crippen molar-refractivity contribution in [2.45, 2.75) is 38.3 Å². The number of nitrogens with two attached hydrogens (primary N) is 1. The molecule has 4 nitrogen and oxygen atoms in total. The van der Waals surface area contributed by atoms with E-state index < -0.39 is 5.54 Å². The summed E-state index contributed by atoms with van der Waals surface area (Å²) in [6.07, 6.45) is 1.84. The fraction of sp³-hybridized carbons (Fsp3) is 0.533. The van der Waals surface area contributed by atoms with Crippen LogP contribution in [0, 0.1) is 0 Å². The van der Waals surface area contributed by atoms with Crippen molar-refractivity contribution in [2.75, 3.05) is 18.9 Å². The molecule has 1 aliphatic heterocycles. The number of nitrogens with one attached hydrogen (secondary N) is 1. The van der Waals surface area contributed by atoms with Crippen LogP contribution in [0.4, 0.5) is 5.69 Å². The number of Topliss-reactive ketones (excluding diaryl/α,β-unsaturated/α-hetero) is 1. The summed E-state index contributed by atoms with van der Waals surface area (Å²) in [6, 6.07) is 5.03. The van der Waals surface area contributed by atoms with E-state index in [0.717, 1.165) is 19.4 Å². The molecule has 0 radical (unpaired) electrons. The molecule has 0 saturated carbocycles. The van der Waals surface area contributed by atoms with E-state index in [2.05, 4.69) is 5.32 Å². The van der Waals surface area contributed by atoms with Crippen LogP contribution in [0.15, 0.2) is 18.2 Å². The van der Waals surface area contributed by atoms with Crippen LogP contribution in [0.1, 0.15) is 37.0 Å².